The van der Waals surface area contributed by atoms with Crippen LogP contribution < -0.4 is 5.32 Å². The lowest BCUT2D eigenvalue weighted by Gasteiger charge is -2.28. The van der Waals surface area contributed by atoms with Gasteiger partial charge in [-0.1, -0.05) is 26.7 Å². The molecule has 1 N–H and O–H groups in total. The summed E-state index contributed by atoms with van der Waals surface area (Å²) in [5, 5.41) is 3.37. The van der Waals surface area contributed by atoms with Crippen LogP contribution in [0.15, 0.2) is 0 Å². The van der Waals surface area contributed by atoms with Gasteiger partial charge in [0.1, 0.15) is 0 Å². The first-order valence-electron chi connectivity index (χ1n) is 6.66. The molecule has 2 aliphatic rings. The highest BCUT2D eigenvalue weighted by atomic mass is 16.2. The minimum Gasteiger partial charge on any atom is -0.325 e. The maximum atomic E-state index is 12.3. The molecule has 1 saturated carbocycles. The fourth-order valence-electron chi connectivity index (χ4n) is 2.55. The fourth-order valence-corrected chi connectivity index (χ4v) is 2.55. The molecule has 1 heterocycles. The molecule has 2 unspecified atom stereocenters. The molecular formula is C13H24N2O. The van der Waals surface area contributed by atoms with Gasteiger partial charge in [0.25, 0.3) is 0 Å². The van der Waals surface area contributed by atoms with Gasteiger partial charge >= 0.3 is 0 Å². The van der Waals surface area contributed by atoms with Crippen LogP contribution in [-0.4, -0.2) is 29.1 Å². The Morgan fingerprint density at radius 2 is 2.19 bits per heavy atom. The Kier molecular flexibility index (Phi) is 3.24. The lowest BCUT2D eigenvalue weighted by Crippen LogP contribution is -2.44. The second kappa shape index (κ2) is 4.36. The number of hydrogen-bond acceptors (Lipinski definition) is 2. The van der Waals surface area contributed by atoms with Gasteiger partial charge in [-0.2, -0.15) is 0 Å². The molecule has 1 aliphatic carbocycles. The molecule has 3 nitrogen and oxygen atoms in total. The van der Waals surface area contributed by atoms with Gasteiger partial charge < -0.3 is 4.90 Å². The van der Waals surface area contributed by atoms with E-state index < -0.39 is 0 Å². The predicted molar refractivity (Wildman–Crippen MR) is 65.0 cm³/mol. The highest BCUT2D eigenvalue weighted by Gasteiger charge is 2.43. The second-order valence-corrected chi connectivity index (χ2v) is 5.54. The lowest BCUT2D eigenvalue weighted by molar-refractivity contribution is -0.134. The minimum atomic E-state index is -0.309. The number of rotatable bonds is 5. The third-order valence-corrected chi connectivity index (χ3v) is 4.29. The number of nitrogens with zero attached hydrogens (tertiary/aromatic N) is 1. The molecular weight excluding hydrogens is 200 g/mol. The third-order valence-electron chi connectivity index (χ3n) is 4.29. The van der Waals surface area contributed by atoms with Crippen LogP contribution in [0.5, 0.6) is 0 Å². The summed E-state index contributed by atoms with van der Waals surface area (Å²) in [7, 11) is 0. The Morgan fingerprint density at radius 3 is 2.62 bits per heavy atom. The first-order chi connectivity index (χ1) is 7.60. The molecule has 1 aliphatic heterocycles. The molecule has 0 aromatic rings. The first-order valence-corrected chi connectivity index (χ1v) is 6.66. The summed E-state index contributed by atoms with van der Waals surface area (Å²) in [6.07, 6.45) is 5.92. The summed E-state index contributed by atoms with van der Waals surface area (Å²) in [4.78, 5) is 14.4. The van der Waals surface area contributed by atoms with E-state index in [-0.39, 0.29) is 5.54 Å². The van der Waals surface area contributed by atoms with Gasteiger partial charge in [0.2, 0.25) is 5.91 Å². The Balaban J connectivity index is 2.00. The van der Waals surface area contributed by atoms with E-state index in [0.29, 0.717) is 11.9 Å². The third kappa shape index (κ3) is 2.10. The number of carbonyl (C=O) groups is 1. The SMILES string of the molecule is CCC(CC1CC1)N1CNC(C)(CC)C1=O. The van der Waals surface area contributed by atoms with Crippen molar-refractivity contribution in [2.24, 2.45) is 5.92 Å². The van der Waals surface area contributed by atoms with Crippen LogP contribution in [-0.2, 0) is 4.79 Å². The van der Waals surface area contributed by atoms with Gasteiger partial charge in [0.05, 0.1) is 12.2 Å². The topological polar surface area (TPSA) is 32.3 Å². The fraction of sp³-hybridized carbons (Fsp3) is 0.923. The van der Waals surface area contributed by atoms with E-state index in [1.54, 1.807) is 0 Å². The summed E-state index contributed by atoms with van der Waals surface area (Å²) < 4.78 is 0. The Hall–Kier alpha value is -0.570. The molecule has 3 heteroatoms. The number of hydrogen-bond donors (Lipinski definition) is 1. The number of carbonyl (C=O) groups excluding carboxylic acids is 1. The van der Waals surface area contributed by atoms with Crippen molar-refractivity contribution in [3.8, 4) is 0 Å². The second-order valence-electron chi connectivity index (χ2n) is 5.54. The number of nitrogens with one attached hydrogen (secondary N) is 1. The van der Waals surface area contributed by atoms with Crippen molar-refractivity contribution in [3.05, 3.63) is 0 Å². The standard InChI is InChI=1S/C13H24N2O/c1-4-11(8-10-6-7-10)15-9-14-13(3,5-2)12(15)16/h10-11,14H,4-9H2,1-3H3. The van der Waals surface area contributed by atoms with Crippen LogP contribution >= 0.6 is 0 Å². The van der Waals surface area contributed by atoms with Crippen molar-refractivity contribution < 1.29 is 4.79 Å². The molecule has 1 amide bonds. The van der Waals surface area contributed by atoms with Crippen molar-refractivity contribution >= 4 is 5.91 Å². The normalized spacial score (nSPS) is 32.2. The van der Waals surface area contributed by atoms with Crippen LogP contribution in [0.4, 0.5) is 0 Å². The molecule has 1 saturated heterocycles. The van der Waals surface area contributed by atoms with Gasteiger partial charge in [0.15, 0.2) is 0 Å². The van der Waals surface area contributed by atoms with Crippen LogP contribution in [0, 0.1) is 5.92 Å². The van der Waals surface area contributed by atoms with Crippen LogP contribution in [0.1, 0.15) is 52.9 Å². The molecule has 0 bridgehead atoms. The minimum absolute atomic E-state index is 0.308. The maximum absolute atomic E-state index is 12.3. The monoisotopic (exact) mass is 224 g/mol. The predicted octanol–water partition coefficient (Wildman–Crippen LogP) is 2.12. The summed E-state index contributed by atoms with van der Waals surface area (Å²) >= 11 is 0. The van der Waals surface area contributed by atoms with Crippen molar-refractivity contribution in [1.82, 2.24) is 10.2 Å². The van der Waals surface area contributed by atoms with Gasteiger partial charge in [-0.3, -0.25) is 10.1 Å². The average molecular weight is 224 g/mol. The molecule has 16 heavy (non-hydrogen) atoms. The van der Waals surface area contributed by atoms with E-state index in [9.17, 15) is 4.79 Å². The van der Waals surface area contributed by atoms with E-state index in [1.165, 1.54) is 19.3 Å². The Labute approximate surface area is 98.6 Å². The van der Waals surface area contributed by atoms with Crippen LogP contribution in [0.2, 0.25) is 0 Å². The van der Waals surface area contributed by atoms with Crippen molar-refractivity contribution in [1.29, 1.82) is 0 Å². The van der Waals surface area contributed by atoms with E-state index in [2.05, 4.69) is 24.1 Å². The van der Waals surface area contributed by atoms with E-state index in [1.807, 2.05) is 6.92 Å². The Bertz CT molecular complexity index is 275. The van der Waals surface area contributed by atoms with Crippen LogP contribution in [0.25, 0.3) is 0 Å². The van der Waals surface area contributed by atoms with E-state index >= 15 is 0 Å². The van der Waals surface area contributed by atoms with Gasteiger partial charge in [-0.25, -0.2) is 0 Å². The summed E-state index contributed by atoms with van der Waals surface area (Å²) in [6.45, 7) is 7.05. The molecule has 2 atom stereocenters. The number of amides is 1. The summed E-state index contributed by atoms with van der Waals surface area (Å²) in [6, 6.07) is 0.459. The molecule has 2 fully saturated rings. The molecule has 0 aromatic heterocycles. The molecule has 0 spiro atoms. The smallest absolute Gasteiger partial charge is 0.243 e. The summed E-state index contributed by atoms with van der Waals surface area (Å²) in [5.41, 5.74) is -0.309. The maximum Gasteiger partial charge on any atom is 0.243 e. The van der Waals surface area contributed by atoms with Crippen molar-refractivity contribution in [2.45, 2.75) is 64.5 Å². The molecule has 0 radical (unpaired) electrons. The first kappa shape index (κ1) is 11.9. The Morgan fingerprint density at radius 1 is 1.50 bits per heavy atom. The molecule has 2 rings (SSSR count). The van der Waals surface area contributed by atoms with E-state index in [4.69, 9.17) is 0 Å². The highest BCUT2D eigenvalue weighted by Crippen LogP contribution is 2.36. The van der Waals surface area contributed by atoms with E-state index in [0.717, 1.165) is 25.4 Å². The van der Waals surface area contributed by atoms with Crippen molar-refractivity contribution in [3.63, 3.8) is 0 Å². The van der Waals surface area contributed by atoms with Gasteiger partial charge in [-0.05, 0) is 32.1 Å². The lowest BCUT2D eigenvalue weighted by atomic mass is 9.98. The zero-order chi connectivity index (χ0) is 11.8. The quantitative estimate of drug-likeness (QED) is 0.776. The molecule has 0 aromatic carbocycles. The van der Waals surface area contributed by atoms with Crippen LogP contribution in [0.3, 0.4) is 0 Å². The van der Waals surface area contributed by atoms with Crippen molar-refractivity contribution in [2.75, 3.05) is 6.67 Å². The largest absolute Gasteiger partial charge is 0.325 e. The summed E-state index contributed by atoms with van der Waals surface area (Å²) in [5.74, 6) is 1.20. The van der Waals surface area contributed by atoms with Gasteiger partial charge in [-0.15, -0.1) is 0 Å². The average Bonchev–Trinajstić information content (AvgIpc) is 3.06. The molecule has 92 valence electrons. The highest BCUT2D eigenvalue weighted by molar-refractivity contribution is 5.88. The zero-order valence-electron chi connectivity index (χ0n) is 10.8. The van der Waals surface area contributed by atoms with Gasteiger partial charge in [0, 0.05) is 6.04 Å². The zero-order valence-corrected chi connectivity index (χ0v) is 10.8.